The largest absolute Gasteiger partial charge is 0.481 e. The Balaban J connectivity index is -0.000000136. The summed E-state index contributed by atoms with van der Waals surface area (Å²) in [5.74, 6) is -11.2. The van der Waals surface area contributed by atoms with Gasteiger partial charge in [-0.2, -0.15) is 11.8 Å². The van der Waals surface area contributed by atoms with E-state index in [0.29, 0.717) is 102 Å². The van der Waals surface area contributed by atoms with E-state index in [1.807, 2.05) is 13.3 Å². The van der Waals surface area contributed by atoms with Crippen LogP contribution in [-0.4, -0.2) is 394 Å². The van der Waals surface area contributed by atoms with Gasteiger partial charge >= 0.3 is 59.7 Å². The van der Waals surface area contributed by atoms with E-state index in [9.17, 15) is 47.9 Å². The van der Waals surface area contributed by atoms with Crippen LogP contribution in [0.15, 0.2) is 30.6 Å². The number of aliphatic carboxylic acids is 7. The summed E-state index contributed by atoms with van der Waals surface area (Å²) >= 11 is 1.55. The lowest BCUT2D eigenvalue weighted by Crippen LogP contribution is -2.39. The highest BCUT2D eigenvalue weighted by Crippen LogP contribution is 2.06. The lowest BCUT2D eigenvalue weighted by Gasteiger charge is -2.18. The second-order valence-electron chi connectivity index (χ2n) is 23.2. The van der Waals surface area contributed by atoms with Crippen molar-refractivity contribution in [3.63, 3.8) is 0 Å². The molecule has 0 aliphatic carbocycles. The summed E-state index contributed by atoms with van der Waals surface area (Å²) in [5, 5.41) is 105. The summed E-state index contributed by atoms with van der Waals surface area (Å²) in [6.07, 6.45) is 3.19. The van der Waals surface area contributed by atoms with E-state index in [4.69, 9.17) is 172 Å². The molecule has 5 atom stereocenters. The molecule has 0 fully saturated rings. The molecule has 0 amide bonds. The van der Waals surface area contributed by atoms with Crippen LogP contribution >= 0.6 is 11.8 Å². The minimum absolute atomic E-state index is 0.00463. The van der Waals surface area contributed by atoms with Gasteiger partial charge in [0.05, 0.1) is 58.1 Å². The third-order valence-electron chi connectivity index (χ3n) is 12.5. The lowest BCUT2D eigenvalue weighted by molar-refractivity contribution is -0.165. The normalized spacial score (nSPS) is 11.2. The molecule has 0 bridgehead atoms. The molecule has 49 nitrogen and oxygen atoms in total. The first-order valence-electron chi connectivity index (χ1n) is 37.1. The highest BCUT2D eigenvalue weighted by molar-refractivity contribution is 7.98. The van der Waals surface area contributed by atoms with Crippen LogP contribution in [0.3, 0.4) is 0 Å². The van der Waals surface area contributed by atoms with E-state index in [1.165, 1.54) is 19.9 Å². The minimum Gasteiger partial charge on any atom is -0.481 e. The first kappa shape index (κ1) is 131. The fraction of sp³-hybridized carbons (Fsp3) is 0.721. The zero-order chi connectivity index (χ0) is 92.9. The van der Waals surface area contributed by atoms with Crippen molar-refractivity contribution in [2.75, 3.05) is 216 Å². The molecule has 0 saturated heterocycles. The van der Waals surface area contributed by atoms with Crippen LogP contribution in [-0.2, 0) is 74.9 Å². The maximum Gasteiger partial charge on any atom is 0.357 e. The van der Waals surface area contributed by atoms with Gasteiger partial charge in [0.1, 0.15) is 12.1 Å². The summed E-state index contributed by atoms with van der Waals surface area (Å²) in [4.78, 5) is 110. The summed E-state index contributed by atoms with van der Waals surface area (Å²) in [7, 11) is 4.13. The summed E-state index contributed by atoms with van der Waals surface area (Å²) in [6.45, 7) is 22.1. The van der Waals surface area contributed by atoms with Crippen LogP contribution in [0.5, 0.6) is 0 Å². The van der Waals surface area contributed by atoms with E-state index in [-0.39, 0.29) is 38.4 Å². The van der Waals surface area contributed by atoms with Crippen LogP contribution in [0.4, 0.5) is 0 Å². The van der Waals surface area contributed by atoms with Crippen molar-refractivity contribution in [1.29, 1.82) is 0 Å². The standard InChI is InChI=1S/C10H24N2O2.C10H10O4.C8H21N3.C6H18N4.C6H16N2O2.C5H4N2O4.C5H11NO2S.C4H13N3.C4H7NO4.C4H6O6.C3H8N2O2.C3H10N2O/c11-5-3-9-13-7-1-2-8-14-10-4-6-12;11-9(12)5-7-1-2-8(4-3-7)6-10(13)14;1-10-6-4-8-11(2)7-3-5-9;7-1-4-10(5-2-8)6-3-9;7-1-3-9-5-6-10-4-2-8;8-4(9)2-3(5(10)11)7-1-6-2;1-4(7)8-5(6)3-9-2;5-1-3-7-4-2-6;5-2(4(8)9)1-3(6)7;5-1(3(7)8)2(6)4(9)10;4-1-2(5)3(6)7;4-1-3(6)2-5/h1-12H2;1-4H,5-6H2,(H,11,12)(H,13,14);10H,3-9H2,1-2H3;1-9H2;1-8H2;1H,(H,6,7)(H,8,9)(H,10,11);5H,3,6H2,1-2H3;7H,1-6H2;2H,1,5H2,(H,6,7)(H,8,9);1-2,5-6H,(H,7,8)(H,9,10);2H,1,4-5H2,(H,6,7);3,6H,1-2,4-5H2. The van der Waals surface area contributed by atoms with Crippen molar-refractivity contribution in [2.45, 2.75) is 101 Å². The van der Waals surface area contributed by atoms with Gasteiger partial charge in [0.25, 0.3) is 0 Å². The molecule has 47 N–H and O–H groups in total. The Hall–Kier alpha value is -7.60. The van der Waals surface area contributed by atoms with Gasteiger partial charge < -0.3 is 191 Å². The number of aromatic carboxylic acids is 2. The number of rotatable bonds is 54. The molecular weight excluding hydrogens is 1590 g/mol. The van der Waals surface area contributed by atoms with Crippen molar-refractivity contribution in [3.05, 3.63) is 53.1 Å². The molecule has 698 valence electrons. The molecule has 1 heterocycles. The molecule has 0 saturated carbocycles. The van der Waals surface area contributed by atoms with Gasteiger partial charge in [-0.15, -0.1) is 0 Å². The first-order chi connectivity index (χ1) is 55.8. The summed E-state index contributed by atoms with van der Waals surface area (Å²) in [5.41, 5.74) is 83.1. The van der Waals surface area contributed by atoms with E-state index in [1.54, 1.807) is 36.0 Å². The van der Waals surface area contributed by atoms with Gasteiger partial charge in [0.15, 0.2) is 29.8 Å². The molecule has 0 aliphatic heterocycles. The topological polar surface area (TPSA) is 935 Å². The molecule has 0 spiro atoms. The molecule has 5 unspecified atom stereocenters. The van der Waals surface area contributed by atoms with E-state index in [2.05, 4.69) is 42.2 Å². The van der Waals surface area contributed by atoms with Crippen LogP contribution in [0.25, 0.3) is 0 Å². The van der Waals surface area contributed by atoms with Crippen LogP contribution in [0, 0.1) is 0 Å². The van der Waals surface area contributed by atoms with Crippen LogP contribution < -0.4 is 102 Å². The summed E-state index contributed by atoms with van der Waals surface area (Å²) in [6, 6.07) is 4.33. The monoisotopic (exact) mass is 1740 g/mol. The van der Waals surface area contributed by atoms with Crippen molar-refractivity contribution in [3.8, 4) is 0 Å². The Morgan fingerprint density at radius 2 is 0.856 bits per heavy atom. The third kappa shape index (κ3) is 113. The number of unbranched alkanes of at least 4 members (excludes halogenated alkanes) is 1. The van der Waals surface area contributed by atoms with E-state index < -0.39 is 108 Å². The average molecular weight is 1740 g/mol. The van der Waals surface area contributed by atoms with Crippen molar-refractivity contribution < 1.29 is 133 Å². The number of carbonyl (C=O) groups is 10. The second-order valence-corrected chi connectivity index (χ2v) is 24.1. The average Bonchev–Trinajstić information content (AvgIpc) is 1.74. The molecule has 50 heteroatoms. The van der Waals surface area contributed by atoms with E-state index >= 15 is 0 Å². The minimum atomic E-state index is -2.27. The smallest absolute Gasteiger partial charge is 0.357 e. The molecule has 0 radical (unpaired) electrons. The fourth-order valence-electron chi connectivity index (χ4n) is 6.58. The second kappa shape index (κ2) is 102. The number of aromatic nitrogens is 2. The van der Waals surface area contributed by atoms with Gasteiger partial charge in [-0.3, -0.25) is 39.4 Å². The number of hydrogen-bond donors (Lipinski definition) is 31. The summed E-state index contributed by atoms with van der Waals surface area (Å²) < 4.78 is 25.4. The number of carboxylic acids is 9. The van der Waals surface area contributed by atoms with Crippen molar-refractivity contribution >= 4 is 71.5 Å². The Morgan fingerprint density at radius 3 is 1.11 bits per heavy atom. The molecule has 1 aromatic heterocycles. The van der Waals surface area contributed by atoms with Gasteiger partial charge in [-0.1, -0.05) is 24.3 Å². The molecule has 2 aromatic rings. The van der Waals surface area contributed by atoms with Crippen LogP contribution in [0.1, 0.15) is 84.0 Å². The number of hydrogen-bond acceptors (Lipinski definition) is 40. The Kier molecular flexibility index (Phi) is 113. The molecule has 0 aliphatic rings. The number of carboxylic acid groups (broad SMARTS) is 9. The molecule has 118 heavy (non-hydrogen) atoms. The van der Waals surface area contributed by atoms with Crippen LogP contribution in [0.2, 0.25) is 0 Å². The number of ether oxygens (including phenoxy) is 5. The number of carbonyl (C=O) groups excluding carboxylic acids is 1. The maximum atomic E-state index is 10.3. The molecular formula is C68H148N22O27S. The number of esters is 1. The maximum absolute atomic E-state index is 10.3. The Bertz CT molecular complexity index is 2510. The van der Waals surface area contributed by atoms with Gasteiger partial charge in [-0.25, -0.2) is 24.2 Å². The van der Waals surface area contributed by atoms with Gasteiger partial charge in [-0.05, 0) is 109 Å². The number of aliphatic hydroxyl groups excluding tert-OH is 3. The Morgan fingerprint density at radius 1 is 0.466 bits per heavy atom. The first-order valence-corrected chi connectivity index (χ1v) is 38.5. The predicted octanol–water partition coefficient (Wildman–Crippen LogP) is -9.71. The number of aromatic amines is 1. The number of H-pyrrole nitrogens is 1. The van der Waals surface area contributed by atoms with Crippen molar-refractivity contribution in [2.24, 2.45) is 91.7 Å². The number of thioether (sulfide) groups is 1. The van der Waals surface area contributed by atoms with E-state index in [0.717, 1.165) is 117 Å². The predicted molar refractivity (Wildman–Crippen MR) is 446 cm³/mol. The van der Waals surface area contributed by atoms with Gasteiger partial charge in [0, 0.05) is 137 Å². The number of benzene rings is 1. The fourth-order valence-corrected chi connectivity index (χ4v) is 6.98. The highest BCUT2D eigenvalue weighted by Gasteiger charge is 2.29. The highest BCUT2D eigenvalue weighted by atomic mass is 32.2. The number of nitrogens with two attached hydrogens (primary N) is 16. The zero-order valence-electron chi connectivity index (χ0n) is 68.9. The lowest BCUT2D eigenvalue weighted by atomic mass is 10.1. The Labute approximate surface area is 694 Å². The quantitative estimate of drug-likeness (QED) is 0.0166. The zero-order valence-corrected chi connectivity index (χ0v) is 69.7. The number of nitrogens with one attached hydrogen (secondary N) is 3. The number of nitrogens with zero attached hydrogens (tertiary/aromatic N) is 3. The third-order valence-corrected chi connectivity index (χ3v) is 13.1. The SMILES string of the molecule is CNCCCN(C)CCCN.CSCC(N)OC(C)=O.NC(CC(=O)O)C(=O)O.NCC(N)C(=O)O.NCC(O)CN.NCCCOCCCCOCCCN.NCCN(CCN)CCN.NCCNCCN.NCCOCCOCCN.O=C(O)C(O)C(O)C(=O)O.O=C(O)Cc1ccc(CC(=O)O)cc1.O=C(O)c1nc[nH]c1C(=O)O. The molecule has 2 rings (SSSR count). The number of imidazole rings is 1. The number of aliphatic hydroxyl groups is 3. The molecule has 1 aromatic carbocycles. The van der Waals surface area contributed by atoms with Gasteiger partial charge in [0.2, 0.25) is 0 Å². The van der Waals surface area contributed by atoms with Crippen molar-refractivity contribution in [1.82, 2.24) is 30.4 Å².